The van der Waals surface area contributed by atoms with Crippen molar-refractivity contribution in [2.24, 2.45) is 7.05 Å². The number of alkyl halides is 3. The zero-order valence-corrected chi connectivity index (χ0v) is 9.81. The number of aromatic nitrogens is 5. The molecule has 102 valence electrons. The Morgan fingerprint density at radius 3 is 2.68 bits per heavy atom. The summed E-state index contributed by atoms with van der Waals surface area (Å²) in [5, 5.41) is 6.62. The van der Waals surface area contributed by atoms with Crippen molar-refractivity contribution in [1.29, 1.82) is 0 Å². The van der Waals surface area contributed by atoms with Gasteiger partial charge in [-0.3, -0.25) is 4.68 Å². The lowest BCUT2D eigenvalue weighted by Crippen LogP contribution is -2.14. The lowest BCUT2D eigenvalue weighted by Gasteiger charge is -2.09. The van der Waals surface area contributed by atoms with Gasteiger partial charge in [0.2, 0.25) is 5.82 Å². The van der Waals surface area contributed by atoms with Crippen molar-refractivity contribution in [2.75, 3.05) is 11.1 Å². The van der Waals surface area contributed by atoms with E-state index in [0.717, 1.165) is 0 Å². The zero-order chi connectivity index (χ0) is 14.0. The molecular weight excluding hydrogens is 263 g/mol. The number of nitrogens with zero attached hydrogens (tertiary/aromatic N) is 5. The van der Waals surface area contributed by atoms with E-state index in [1.54, 1.807) is 7.05 Å². The van der Waals surface area contributed by atoms with Gasteiger partial charge >= 0.3 is 6.18 Å². The second-order valence-corrected chi connectivity index (χ2v) is 3.69. The smallest absolute Gasteiger partial charge is 0.384 e. The van der Waals surface area contributed by atoms with Crippen LogP contribution in [0.4, 0.5) is 24.8 Å². The summed E-state index contributed by atoms with van der Waals surface area (Å²) in [7, 11) is 1.68. The highest BCUT2D eigenvalue weighted by Gasteiger charge is 2.35. The van der Waals surface area contributed by atoms with Crippen molar-refractivity contribution in [3.05, 3.63) is 24.0 Å². The fourth-order valence-corrected chi connectivity index (χ4v) is 1.32. The molecule has 0 saturated carbocycles. The highest BCUT2D eigenvalue weighted by atomic mass is 19.4. The van der Waals surface area contributed by atoms with E-state index >= 15 is 0 Å². The molecule has 0 aliphatic heterocycles. The Morgan fingerprint density at radius 2 is 2.11 bits per heavy atom. The fraction of sp³-hybridized carbons (Fsp3) is 0.333. The van der Waals surface area contributed by atoms with Gasteiger partial charge in [0.25, 0.3) is 0 Å². The summed E-state index contributed by atoms with van der Waals surface area (Å²) >= 11 is 0. The molecule has 0 bridgehead atoms. The van der Waals surface area contributed by atoms with Gasteiger partial charge in [0, 0.05) is 13.1 Å². The van der Waals surface area contributed by atoms with Crippen LogP contribution in [0.3, 0.4) is 0 Å². The first-order chi connectivity index (χ1) is 8.84. The number of nitrogens with two attached hydrogens (primary N) is 1. The summed E-state index contributed by atoms with van der Waals surface area (Å²) in [5.74, 6) is -1.16. The Labute approximate surface area is 105 Å². The van der Waals surface area contributed by atoms with Crippen LogP contribution in [0, 0.1) is 0 Å². The lowest BCUT2D eigenvalue weighted by atomic mass is 10.4. The van der Waals surface area contributed by atoms with Gasteiger partial charge in [0.15, 0.2) is 5.82 Å². The minimum atomic E-state index is -4.64. The average Bonchev–Trinajstić information content (AvgIpc) is 2.71. The van der Waals surface area contributed by atoms with Gasteiger partial charge in [0.05, 0.1) is 6.54 Å². The number of rotatable bonds is 3. The maximum Gasteiger partial charge on any atom is 0.451 e. The van der Waals surface area contributed by atoms with Crippen molar-refractivity contribution < 1.29 is 13.2 Å². The Balaban J connectivity index is 2.14. The summed E-state index contributed by atoms with van der Waals surface area (Å²) in [6.07, 6.45) is -3.17. The van der Waals surface area contributed by atoms with Crippen molar-refractivity contribution in [2.45, 2.75) is 12.7 Å². The predicted molar refractivity (Wildman–Crippen MR) is 59.8 cm³/mol. The lowest BCUT2D eigenvalue weighted by molar-refractivity contribution is -0.144. The summed E-state index contributed by atoms with van der Waals surface area (Å²) < 4.78 is 38.9. The molecule has 2 aromatic rings. The first-order valence-electron chi connectivity index (χ1n) is 5.15. The number of halogens is 3. The average molecular weight is 273 g/mol. The standard InChI is InChI=1S/C9H10F3N7/c1-19-4-15-7(18-19)3-14-6-2-5(13)16-8(17-6)9(10,11)12/h2,4H,3H2,1H3,(H3,13,14,16,17). The summed E-state index contributed by atoms with van der Waals surface area (Å²) in [6, 6.07) is 1.21. The first kappa shape index (κ1) is 13.1. The first-order valence-corrected chi connectivity index (χ1v) is 5.15. The Hall–Kier alpha value is -2.39. The molecule has 19 heavy (non-hydrogen) atoms. The molecule has 0 amide bonds. The molecular formula is C9H10F3N7. The van der Waals surface area contributed by atoms with Gasteiger partial charge in [-0.15, -0.1) is 0 Å². The summed E-state index contributed by atoms with van der Waals surface area (Å²) in [4.78, 5) is 10.4. The molecule has 10 heteroatoms. The van der Waals surface area contributed by atoms with Crippen LogP contribution in [0.1, 0.15) is 11.6 Å². The Morgan fingerprint density at radius 1 is 1.37 bits per heavy atom. The third-order valence-corrected chi connectivity index (χ3v) is 2.07. The molecule has 0 fully saturated rings. The van der Waals surface area contributed by atoms with Crippen LogP contribution in [-0.2, 0) is 19.8 Å². The molecule has 0 aliphatic rings. The molecule has 0 aromatic carbocycles. The van der Waals surface area contributed by atoms with Crippen LogP contribution in [-0.4, -0.2) is 24.7 Å². The predicted octanol–water partition coefficient (Wildman–Crippen LogP) is 0.818. The quantitative estimate of drug-likeness (QED) is 0.859. The summed E-state index contributed by atoms with van der Waals surface area (Å²) in [5.41, 5.74) is 5.30. The number of hydrogen-bond donors (Lipinski definition) is 2. The van der Waals surface area contributed by atoms with Crippen LogP contribution < -0.4 is 11.1 Å². The van der Waals surface area contributed by atoms with Crippen LogP contribution in [0.15, 0.2) is 12.4 Å². The van der Waals surface area contributed by atoms with Crippen molar-refractivity contribution in [3.63, 3.8) is 0 Å². The third-order valence-electron chi connectivity index (χ3n) is 2.07. The molecule has 0 saturated heterocycles. The zero-order valence-electron chi connectivity index (χ0n) is 9.81. The molecule has 2 heterocycles. The SMILES string of the molecule is Cn1cnc(CNc2cc(N)nc(C(F)(F)F)n2)n1. The van der Waals surface area contributed by atoms with Gasteiger partial charge in [-0.05, 0) is 0 Å². The molecule has 0 radical (unpaired) electrons. The van der Waals surface area contributed by atoms with E-state index < -0.39 is 12.0 Å². The second kappa shape index (κ2) is 4.71. The molecule has 0 atom stereocenters. The Kier molecular flexibility index (Phi) is 3.23. The van der Waals surface area contributed by atoms with E-state index in [1.807, 2.05) is 0 Å². The molecule has 3 N–H and O–H groups in total. The second-order valence-electron chi connectivity index (χ2n) is 3.69. The number of nitrogens with one attached hydrogen (secondary N) is 1. The van der Waals surface area contributed by atoms with E-state index in [1.165, 1.54) is 17.1 Å². The van der Waals surface area contributed by atoms with Crippen molar-refractivity contribution in [3.8, 4) is 0 Å². The third kappa shape index (κ3) is 3.30. The molecule has 2 rings (SSSR count). The largest absolute Gasteiger partial charge is 0.451 e. The minimum absolute atomic E-state index is 0.0349. The van der Waals surface area contributed by atoms with Crippen molar-refractivity contribution >= 4 is 11.6 Å². The maximum absolute atomic E-state index is 12.5. The van der Waals surface area contributed by atoms with Gasteiger partial charge in [-0.25, -0.2) is 15.0 Å². The van der Waals surface area contributed by atoms with Crippen molar-refractivity contribution in [1.82, 2.24) is 24.7 Å². The highest BCUT2D eigenvalue weighted by molar-refractivity contribution is 5.44. The van der Waals surface area contributed by atoms with Gasteiger partial charge in [0.1, 0.15) is 18.0 Å². The van der Waals surface area contributed by atoms with E-state index in [9.17, 15) is 13.2 Å². The van der Waals surface area contributed by atoms with Gasteiger partial charge in [-0.1, -0.05) is 0 Å². The number of anilines is 2. The van der Waals surface area contributed by atoms with E-state index in [0.29, 0.717) is 5.82 Å². The van der Waals surface area contributed by atoms with Crippen LogP contribution in [0.2, 0.25) is 0 Å². The number of aryl methyl sites for hydroxylation is 1. The summed E-state index contributed by atoms with van der Waals surface area (Å²) in [6.45, 7) is 0.134. The minimum Gasteiger partial charge on any atom is -0.384 e. The molecule has 0 aliphatic carbocycles. The molecule has 0 unspecified atom stereocenters. The normalized spacial score (nSPS) is 11.6. The monoisotopic (exact) mass is 273 g/mol. The molecule has 7 nitrogen and oxygen atoms in total. The number of hydrogen-bond acceptors (Lipinski definition) is 6. The molecule has 2 aromatic heterocycles. The van der Waals surface area contributed by atoms with E-state index in [2.05, 4.69) is 25.4 Å². The topological polar surface area (TPSA) is 94.5 Å². The van der Waals surface area contributed by atoms with Gasteiger partial charge in [-0.2, -0.15) is 18.3 Å². The number of nitrogen functional groups attached to an aromatic ring is 1. The van der Waals surface area contributed by atoms with Crippen LogP contribution >= 0.6 is 0 Å². The highest BCUT2D eigenvalue weighted by Crippen LogP contribution is 2.27. The van der Waals surface area contributed by atoms with Crippen LogP contribution in [0.5, 0.6) is 0 Å². The maximum atomic E-state index is 12.5. The molecule has 0 spiro atoms. The van der Waals surface area contributed by atoms with Gasteiger partial charge < -0.3 is 11.1 Å². The fourth-order valence-electron chi connectivity index (χ4n) is 1.32. The van der Waals surface area contributed by atoms with E-state index in [-0.39, 0.29) is 18.2 Å². The van der Waals surface area contributed by atoms with Crippen LogP contribution in [0.25, 0.3) is 0 Å². The Bertz CT molecular complexity index is 577. The van der Waals surface area contributed by atoms with E-state index in [4.69, 9.17) is 5.73 Å².